The van der Waals surface area contributed by atoms with Crippen molar-refractivity contribution in [2.45, 2.75) is 37.8 Å². The summed E-state index contributed by atoms with van der Waals surface area (Å²) in [6, 6.07) is 9.81. The van der Waals surface area contributed by atoms with E-state index in [0.717, 1.165) is 23.0 Å². The SMILES string of the molecule is CN(C)C[C@@H]1CSC(c2cc3cccc(NC4CCCC4)c3[nH]2)=N1. The van der Waals surface area contributed by atoms with Gasteiger partial charge in [0.15, 0.2) is 0 Å². The molecule has 0 unspecified atom stereocenters. The Labute approximate surface area is 148 Å². The van der Waals surface area contributed by atoms with E-state index < -0.39 is 0 Å². The zero-order valence-electron chi connectivity index (χ0n) is 14.5. The van der Waals surface area contributed by atoms with Crippen molar-refractivity contribution in [2.75, 3.05) is 31.7 Å². The van der Waals surface area contributed by atoms with Gasteiger partial charge in [0.05, 0.1) is 22.9 Å². The number of benzene rings is 1. The van der Waals surface area contributed by atoms with E-state index in [2.05, 4.69) is 53.6 Å². The second-order valence-electron chi connectivity index (χ2n) is 7.24. The van der Waals surface area contributed by atoms with Gasteiger partial charge in [-0.1, -0.05) is 25.0 Å². The number of aromatic amines is 1. The van der Waals surface area contributed by atoms with Gasteiger partial charge in [-0.05, 0) is 39.1 Å². The molecular weight excluding hydrogens is 316 g/mol. The predicted molar refractivity (Wildman–Crippen MR) is 106 cm³/mol. The number of anilines is 1. The number of nitrogens with zero attached hydrogens (tertiary/aromatic N) is 2. The highest BCUT2D eigenvalue weighted by Gasteiger charge is 2.22. The fraction of sp³-hybridized carbons (Fsp3) is 0.526. The fourth-order valence-electron chi connectivity index (χ4n) is 3.76. The number of hydrogen-bond acceptors (Lipinski definition) is 4. The molecule has 2 N–H and O–H groups in total. The molecule has 1 aromatic carbocycles. The highest BCUT2D eigenvalue weighted by atomic mass is 32.2. The summed E-state index contributed by atoms with van der Waals surface area (Å²) in [6.45, 7) is 1.02. The molecule has 4 rings (SSSR count). The number of H-pyrrole nitrogens is 1. The Bertz CT molecular complexity index is 743. The molecule has 0 radical (unpaired) electrons. The molecule has 1 aliphatic carbocycles. The lowest BCUT2D eigenvalue weighted by Crippen LogP contribution is -2.24. The number of aromatic nitrogens is 1. The number of thioether (sulfide) groups is 1. The van der Waals surface area contributed by atoms with E-state index >= 15 is 0 Å². The minimum atomic E-state index is 0.405. The third-order valence-corrected chi connectivity index (χ3v) is 6.04. The highest BCUT2D eigenvalue weighted by Crippen LogP contribution is 2.31. The first-order valence-electron chi connectivity index (χ1n) is 8.93. The van der Waals surface area contributed by atoms with Gasteiger partial charge in [-0.25, -0.2) is 0 Å². The molecule has 2 aromatic rings. The van der Waals surface area contributed by atoms with E-state index in [0.29, 0.717) is 12.1 Å². The van der Waals surface area contributed by atoms with E-state index in [1.54, 1.807) is 0 Å². The molecule has 2 heterocycles. The molecule has 1 atom stereocenters. The summed E-state index contributed by atoms with van der Waals surface area (Å²) in [5, 5.41) is 6.17. The quantitative estimate of drug-likeness (QED) is 0.865. The van der Waals surface area contributed by atoms with E-state index in [-0.39, 0.29) is 0 Å². The van der Waals surface area contributed by atoms with Crippen LogP contribution in [0.4, 0.5) is 5.69 Å². The average Bonchev–Trinajstić information content (AvgIpc) is 3.25. The summed E-state index contributed by atoms with van der Waals surface area (Å²) in [4.78, 5) is 10.8. The van der Waals surface area contributed by atoms with E-state index in [9.17, 15) is 0 Å². The normalized spacial score (nSPS) is 21.8. The lowest BCUT2D eigenvalue weighted by atomic mass is 10.2. The first kappa shape index (κ1) is 16.0. The molecule has 0 amide bonds. The number of likely N-dealkylation sites (N-methyl/N-ethyl adjacent to an activating group) is 1. The lowest BCUT2D eigenvalue weighted by molar-refractivity contribution is 0.387. The van der Waals surface area contributed by atoms with Crippen LogP contribution < -0.4 is 5.32 Å². The zero-order chi connectivity index (χ0) is 16.5. The fourth-order valence-corrected chi connectivity index (χ4v) is 4.78. The smallest absolute Gasteiger partial charge is 0.114 e. The first-order chi connectivity index (χ1) is 11.7. The largest absolute Gasteiger partial charge is 0.381 e. The first-order valence-corrected chi connectivity index (χ1v) is 9.91. The Hall–Kier alpha value is -1.46. The molecule has 1 aliphatic heterocycles. The van der Waals surface area contributed by atoms with Crippen LogP contribution in [0.25, 0.3) is 10.9 Å². The molecule has 2 aliphatic rings. The monoisotopic (exact) mass is 342 g/mol. The van der Waals surface area contributed by atoms with Crippen molar-refractivity contribution in [1.82, 2.24) is 9.88 Å². The van der Waals surface area contributed by atoms with Gasteiger partial charge in [0.2, 0.25) is 0 Å². The average molecular weight is 343 g/mol. The van der Waals surface area contributed by atoms with Crippen molar-refractivity contribution >= 4 is 33.4 Å². The van der Waals surface area contributed by atoms with E-state index in [4.69, 9.17) is 4.99 Å². The van der Waals surface area contributed by atoms with Crippen LogP contribution in [0.2, 0.25) is 0 Å². The summed E-state index contributed by atoms with van der Waals surface area (Å²) in [5.74, 6) is 1.08. The summed E-state index contributed by atoms with van der Waals surface area (Å²) in [5.41, 5.74) is 3.62. The maximum Gasteiger partial charge on any atom is 0.114 e. The number of para-hydroxylation sites is 1. The summed E-state index contributed by atoms with van der Waals surface area (Å²) in [7, 11) is 4.23. The van der Waals surface area contributed by atoms with Gasteiger partial charge in [0.25, 0.3) is 0 Å². The van der Waals surface area contributed by atoms with Crippen LogP contribution in [0.1, 0.15) is 31.4 Å². The summed E-state index contributed by atoms with van der Waals surface area (Å²) in [6.07, 6.45) is 5.28. The zero-order valence-corrected chi connectivity index (χ0v) is 15.3. The van der Waals surface area contributed by atoms with Gasteiger partial charge in [0, 0.05) is 23.7 Å². The van der Waals surface area contributed by atoms with Crippen molar-refractivity contribution in [3.05, 3.63) is 30.0 Å². The van der Waals surface area contributed by atoms with Crippen LogP contribution in [-0.4, -0.2) is 53.4 Å². The van der Waals surface area contributed by atoms with Crippen molar-refractivity contribution in [3.63, 3.8) is 0 Å². The number of aliphatic imine (C=N–C) groups is 1. The predicted octanol–water partition coefficient (Wildman–Crippen LogP) is 3.95. The Morgan fingerprint density at radius 2 is 2.12 bits per heavy atom. The van der Waals surface area contributed by atoms with E-state index in [1.807, 2.05) is 11.8 Å². The molecule has 1 aromatic heterocycles. The Morgan fingerprint density at radius 3 is 2.92 bits per heavy atom. The van der Waals surface area contributed by atoms with Crippen molar-refractivity contribution in [2.24, 2.45) is 4.99 Å². The van der Waals surface area contributed by atoms with Crippen molar-refractivity contribution < 1.29 is 0 Å². The van der Waals surface area contributed by atoms with Gasteiger partial charge in [0.1, 0.15) is 5.04 Å². The third kappa shape index (κ3) is 3.33. The second-order valence-corrected chi connectivity index (χ2v) is 8.25. The van der Waals surface area contributed by atoms with Gasteiger partial charge >= 0.3 is 0 Å². The minimum Gasteiger partial charge on any atom is -0.381 e. The number of hydrogen-bond donors (Lipinski definition) is 2. The maximum absolute atomic E-state index is 4.91. The standard InChI is InChI=1S/C19H26N4S/c1-23(2)11-15-12-24-19(21-15)17-10-13-6-5-9-16(18(13)22-17)20-14-7-3-4-8-14/h5-6,9-10,14-15,20,22H,3-4,7-8,11-12H2,1-2H3/t15-/m1/s1. The molecule has 0 saturated heterocycles. The van der Waals surface area contributed by atoms with Crippen LogP contribution in [0.3, 0.4) is 0 Å². The number of rotatable bonds is 5. The van der Waals surface area contributed by atoms with Gasteiger partial charge in [-0.2, -0.15) is 0 Å². The molecular formula is C19H26N4S. The molecule has 1 fully saturated rings. The topological polar surface area (TPSA) is 43.4 Å². The minimum absolute atomic E-state index is 0.405. The van der Waals surface area contributed by atoms with Crippen LogP contribution >= 0.6 is 11.8 Å². The Kier molecular flexibility index (Phi) is 4.55. The lowest BCUT2D eigenvalue weighted by Gasteiger charge is -2.14. The second kappa shape index (κ2) is 6.81. The molecule has 128 valence electrons. The molecule has 24 heavy (non-hydrogen) atoms. The molecule has 5 heteroatoms. The van der Waals surface area contributed by atoms with Gasteiger partial charge < -0.3 is 15.2 Å². The molecule has 4 nitrogen and oxygen atoms in total. The van der Waals surface area contributed by atoms with E-state index in [1.165, 1.54) is 42.3 Å². The Balaban J connectivity index is 1.59. The van der Waals surface area contributed by atoms with Crippen molar-refractivity contribution in [1.29, 1.82) is 0 Å². The number of nitrogens with one attached hydrogen (secondary N) is 2. The highest BCUT2D eigenvalue weighted by molar-refractivity contribution is 8.14. The molecule has 1 saturated carbocycles. The van der Waals surface area contributed by atoms with Gasteiger partial charge in [-0.15, -0.1) is 11.8 Å². The Morgan fingerprint density at radius 1 is 1.29 bits per heavy atom. The molecule has 0 bridgehead atoms. The van der Waals surface area contributed by atoms with Crippen LogP contribution in [0.5, 0.6) is 0 Å². The van der Waals surface area contributed by atoms with Gasteiger partial charge in [-0.3, -0.25) is 4.99 Å². The summed E-state index contributed by atoms with van der Waals surface area (Å²) >= 11 is 1.87. The third-order valence-electron chi connectivity index (χ3n) is 4.89. The van der Waals surface area contributed by atoms with Crippen LogP contribution in [0, 0.1) is 0 Å². The van der Waals surface area contributed by atoms with Crippen molar-refractivity contribution in [3.8, 4) is 0 Å². The molecule has 0 spiro atoms. The van der Waals surface area contributed by atoms with Crippen LogP contribution in [-0.2, 0) is 0 Å². The van der Waals surface area contributed by atoms with Crippen LogP contribution in [0.15, 0.2) is 29.3 Å². The summed E-state index contributed by atoms with van der Waals surface area (Å²) < 4.78 is 0. The number of fused-ring (bicyclic) bond motifs is 1. The maximum atomic E-state index is 4.91.